The van der Waals surface area contributed by atoms with E-state index in [1.165, 1.54) is 31.2 Å². The Morgan fingerprint density at radius 1 is 1.11 bits per heavy atom. The van der Waals surface area contributed by atoms with Crippen LogP contribution in [0.25, 0.3) is 0 Å². The number of nitrogens with one attached hydrogen (secondary N) is 1. The molecule has 0 saturated heterocycles. The first kappa shape index (κ1) is 13.9. The van der Waals surface area contributed by atoms with Gasteiger partial charge in [0.15, 0.2) is 0 Å². The third-order valence-electron chi connectivity index (χ3n) is 4.01. The molecule has 0 spiro atoms. The van der Waals surface area contributed by atoms with Gasteiger partial charge >= 0.3 is 0 Å². The number of nitrogens with two attached hydrogens (primary N) is 1. The molecule has 1 fully saturated rings. The molecule has 2 rings (SSSR count). The molecule has 100 valence electrons. The molecule has 2 nitrogen and oxygen atoms in total. The van der Waals surface area contributed by atoms with Gasteiger partial charge in [-0.2, -0.15) is 0 Å². The van der Waals surface area contributed by atoms with E-state index < -0.39 is 0 Å². The Morgan fingerprint density at radius 3 is 2.44 bits per heavy atom. The van der Waals surface area contributed by atoms with Gasteiger partial charge in [-0.15, -0.1) is 0 Å². The van der Waals surface area contributed by atoms with Crippen molar-refractivity contribution < 1.29 is 0 Å². The van der Waals surface area contributed by atoms with Gasteiger partial charge in [0.25, 0.3) is 0 Å². The lowest BCUT2D eigenvalue weighted by Gasteiger charge is -2.27. The van der Waals surface area contributed by atoms with E-state index in [1.54, 1.807) is 0 Å². The Labute approximate surface area is 115 Å². The van der Waals surface area contributed by atoms with Crippen LogP contribution in [-0.4, -0.2) is 13.1 Å². The molecule has 1 aliphatic rings. The van der Waals surface area contributed by atoms with Crippen molar-refractivity contribution in [1.82, 2.24) is 5.32 Å². The van der Waals surface area contributed by atoms with Crippen molar-refractivity contribution in [2.75, 3.05) is 13.1 Å². The molecule has 1 aromatic carbocycles. The molecule has 0 unspecified atom stereocenters. The zero-order valence-electron chi connectivity index (χ0n) is 10.9. The Kier molecular flexibility index (Phi) is 5.48. The summed E-state index contributed by atoms with van der Waals surface area (Å²) in [5, 5.41) is 4.39. The zero-order chi connectivity index (χ0) is 12.8. The first-order valence-corrected chi connectivity index (χ1v) is 7.31. The molecule has 0 radical (unpaired) electrons. The van der Waals surface area contributed by atoms with Gasteiger partial charge in [-0.25, -0.2) is 0 Å². The van der Waals surface area contributed by atoms with Crippen molar-refractivity contribution in [3.8, 4) is 0 Å². The van der Waals surface area contributed by atoms with Crippen LogP contribution >= 0.6 is 11.6 Å². The lowest BCUT2D eigenvalue weighted by atomic mass is 9.82. The van der Waals surface area contributed by atoms with Gasteiger partial charge in [-0.3, -0.25) is 0 Å². The molecular weight excluding hydrogens is 244 g/mol. The maximum atomic E-state index is 6.13. The summed E-state index contributed by atoms with van der Waals surface area (Å²) >= 11 is 6.13. The van der Waals surface area contributed by atoms with Crippen LogP contribution in [0.1, 0.15) is 31.2 Å². The van der Waals surface area contributed by atoms with Gasteiger partial charge in [0, 0.05) is 11.6 Å². The molecule has 0 amide bonds. The van der Waals surface area contributed by atoms with Crippen molar-refractivity contribution in [1.29, 1.82) is 0 Å². The van der Waals surface area contributed by atoms with Gasteiger partial charge in [-0.05, 0) is 62.2 Å². The molecule has 1 aromatic rings. The topological polar surface area (TPSA) is 38.0 Å². The molecule has 3 heteroatoms. The Morgan fingerprint density at radius 2 is 1.78 bits per heavy atom. The Bertz CT molecular complexity index is 359. The van der Waals surface area contributed by atoms with E-state index in [4.69, 9.17) is 17.3 Å². The lowest BCUT2D eigenvalue weighted by molar-refractivity contribution is 0.272. The van der Waals surface area contributed by atoms with E-state index >= 15 is 0 Å². The molecule has 1 saturated carbocycles. The van der Waals surface area contributed by atoms with Crippen LogP contribution in [0.5, 0.6) is 0 Å². The fraction of sp³-hybridized carbons (Fsp3) is 0.600. The third-order valence-corrected chi connectivity index (χ3v) is 4.37. The summed E-state index contributed by atoms with van der Waals surface area (Å²) in [4.78, 5) is 0. The van der Waals surface area contributed by atoms with Crippen molar-refractivity contribution in [3.05, 3.63) is 34.9 Å². The second-order valence-corrected chi connectivity index (χ2v) is 5.75. The standard InChI is InChI=1S/C15H23ClN2/c16-15-4-2-1-3-14(15)11-18-10-13-7-5-12(9-17)6-8-13/h1-4,12-13,18H,5-11,17H2. The molecule has 3 N–H and O–H groups in total. The monoisotopic (exact) mass is 266 g/mol. The van der Waals surface area contributed by atoms with Crippen molar-refractivity contribution in [2.45, 2.75) is 32.2 Å². The number of rotatable bonds is 5. The largest absolute Gasteiger partial charge is 0.330 e. The SMILES string of the molecule is NCC1CCC(CNCc2ccccc2Cl)CC1. The van der Waals surface area contributed by atoms with Gasteiger partial charge in [0.05, 0.1) is 0 Å². The van der Waals surface area contributed by atoms with Crippen molar-refractivity contribution in [3.63, 3.8) is 0 Å². The average molecular weight is 267 g/mol. The van der Waals surface area contributed by atoms with Crippen LogP contribution in [0.3, 0.4) is 0 Å². The maximum absolute atomic E-state index is 6.13. The Balaban J connectivity index is 1.69. The van der Waals surface area contributed by atoms with Crippen LogP contribution in [0.2, 0.25) is 5.02 Å². The molecule has 0 bridgehead atoms. The normalized spacial score (nSPS) is 24.1. The average Bonchev–Trinajstić information content (AvgIpc) is 2.42. The van der Waals surface area contributed by atoms with Gasteiger partial charge in [0.2, 0.25) is 0 Å². The van der Waals surface area contributed by atoms with E-state index in [0.29, 0.717) is 0 Å². The van der Waals surface area contributed by atoms with Crippen molar-refractivity contribution in [2.24, 2.45) is 17.6 Å². The van der Waals surface area contributed by atoms with E-state index in [1.807, 2.05) is 18.2 Å². The number of halogens is 1. The highest BCUT2D eigenvalue weighted by atomic mass is 35.5. The van der Waals surface area contributed by atoms with Crippen LogP contribution in [0.4, 0.5) is 0 Å². The summed E-state index contributed by atoms with van der Waals surface area (Å²) in [5.41, 5.74) is 6.90. The summed E-state index contributed by atoms with van der Waals surface area (Å²) in [6, 6.07) is 8.04. The highest BCUT2D eigenvalue weighted by Gasteiger charge is 2.19. The lowest BCUT2D eigenvalue weighted by Crippen LogP contribution is -2.28. The molecular formula is C15H23ClN2. The Hall–Kier alpha value is -0.570. The summed E-state index contributed by atoms with van der Waals surface area (Å²) in [6.45, 7) is 2.83. The summed E-state index contributed by atoms with van der Waals surface area (Å²) in [7, 11) is 0. The first-order chi connectivity index (χ1) is 8.79. The predicted octanol–water partition coefficient (Wildman–Crippen LogP) is 3.19. The van der Waals surface area contributed by atoms with Crippen LogP contribution in [-0.2, 0) is 6.54 Å². The van der Waals surface area contributed by atoms with Crippen LogP contribution in [0.15, 0.2) is 24.3 Å². The van der Waals surface area contributed by atoms with Crippen molar-refractivity contribution >= 4 is 11.6 Å². The van der Waals surface area contributed by atoms with Crippen LogP contribution in [0, 0.1) is 11.8 Å². The molecule has 0 aromatic heterocycles. The molecule has 18 heavy (non-hydrogen) atoms. The number of hydrogen-bond donors (Lipinski definition) is 2. The summed E-state index contributed by atoms with van der Waals surface area (Å²) in [6.07, 6.45) is 5.23. The first-order valence-electron chi connectivity index (χ1n) is 6.93. The molecule has 1 aliphatic carbocycles. The highest BCUT2D eigenvalue weighted by Crippen LogP contribution is 2.27. The number of hydrogen-bond acceptors (Lipinski definition) is 2. The summed E-state index contributed by atoms with van der Waals surface area (Å²) < 4.78 is 0. The van der Waals surface area contributed by atoms with E-state index in [2.05, 4.69) is 11.4 Å². The molecule has 0 atom stereocenters. The minimum atomic E-state index is 0.768. The minimum Gasteiger partial charge on any atom is -0.330 e. The summed E-state index contributed by atoms with van der Waals surface area (Å²) in [5.74, 6) is 1.58. The minimum absolute atomic E-state index is 0.768. The second kappa shape index (κ2) is 7.13. The molecule has 0 aliphatic heterocycles. The maximum Gasteiger partial charge on any atom is 0.0450 e. The van der Waals surface area contributed by atoms with E-state index in [0.717, 1.165) is 36.5 Å². The fourth-order valence-electron chi connectivity index (χ4n) is 2.72. The predicted molar refractivity (Wildman–Crippen MR) is 77.7 cm³/mol. The van der Waals surface area contributed by atoms with E-state index in [-0.39, 0.29) is 0 Å². The quantitative estimate of drug-likeness (QED) is 0.859. The second-order valence-electron chi connectivity index (χ2n) is 5.34. The van der Waals surface area contributed by atoms with Gasteiger partial charge in [-0.1, -0.05) is 29.8 Å². The third kappa shape index (κ3) is 3.98. The zero-order valence-corrected chi connectivity index (χ0v) is 11.6. The van der Waals surface area contributed by atoms with Gasteiger partial charge in [0.1, 0.15) is 0 Å². The fourth-order valence-corrected chi connectivity index (χ4v) is 2.93. The van der Waals surface area contributed by atoms with E-state index in [9.17, 15) is 0 Å². The van der Waals surface area contributed by atoms with Crippen LogP contribution < -0.4 is 11.1 Å². The molecule has 0 heterocycles. The van der Waals surface area contributed by atoms with Gasteiger partial charge < -0.3 is 11.1 Å². The smallest absolute Gasteiger partial charge is 0.0450 e. The highest BCUT2D eigenvalue weighted by molar-refractivity contribution is 6.31. The number of benzene rings is 1.